The van der Waals surface area contributed by atoms with Crippen LogP contribution in [0.15, 0.2) is 48.5 Å². The van der Waals surface area contributed by atoms with E-state index in [4.69, 9.17) is 4.74 Å². The number of ether oxygens (including phenoxy) is 1. The number of para-hydroxylation sites is 2. The Hall–Kier alpha value is -3.02. The summed E-state index contributed by atoms with van der Waals surface area (Å²) in [5.41, 5.74) is 1.81. The van der Waals surface area contributed by atoms with Gasteiger partial charge >= 0.3 is 0 Å². The quantitative estimate of drug-likeness (QED) is 0.891. The maximum Gasteiger partial charge on any atom is 0.257 e. The monoisotopic (exact) mass is 379 g/mol. The summed E-state index contributed by atoms with van der Waals surface area (Å²) < 4.78 is 5.34. The van der Waals surface area contributed by atoms with Gasteiger partial charge in [0.1, 0.15) is 11.4 Å². The molecule has 0 aliphatic carbocycles. The molecule has 0 unspecified atom stereocenters. The highest BCUT2D eigenvalue weighted by molar-refractivity contribution is 6.02. The van der Waals surface area contributed by atoms with Gasteiger partial charge in [-0.3, -0.25) is 9.59 Å². The molecule has 2 aromatic rings. The minimum absolute atomic E-state index is 0.0297. The van der Waals surface area contributed by atoms with E-state index >= 15 is 0 Å². The van der Waals surface area contributed by atoms with Gasteiger partial charge in [-0.15, -0.1) is 0 Å². The summed E-state index contributed by atoms with van der Waals surface area (Å²) >= 11 is 0. The molecule has 1 fully saturated rings. The van der Waals surface area contributed by atoms with E-state index in [1.165, 1.54) is 0 Å². The second kappa shape index (κ2) is 7.19. The lowest BCUT2D eigenvalue weighted by molar-refractivity contribution is 0.0601. The van der Waals surface area contributed by atoms with E-state index in [1.54, 1.807) is 19.2 Å². The Labute approximate surface area is 165 Å². The van der Waals surface area contributed by atoms with Crippen LogP contribution in [0.1, 0.15) is 40.5 Å². The average Bonchev–Trinajstić information content (AvgIpc) is 2.74. The van der Waals surface area contributed by atoms with E-state index in [0.717, 1.165) is 12.2 Å². The number of carbonyl (C=O) groups excluding carboxylic acids is 2. The fourth-order valence-corrected chi connectivity index (χ4v) is 4.42. The molecule has 0 bridgehead atoms. The number of benzene rings is 2. The number of carbonyl (C=O) groups is 2. The van der Waals surface area contributed by atoms with Crippen molar-refractivity contribution in [3.63, 3.8) is 0 Å². The van der Waals surface area contributed by atoms with Gasteiger partial charge in [0.05, 0.1) is 23.9 Å². The molecule has 2 amide bonds. The van der Waals surface area contributed by atoms with E-state index in [1.807, 2.05) is 41.3 Å². The highest BCUT2D eigenvalue weighted by atomic mass is 16.5. The molecule has 28 heavy (non-hydrogen) atoms. The fourth-order valence-electron chi connectivity index (χ4n) is 4.42. The summed E-state index contributed by atoms with van der Waals surface area (Å²) in [4.78, 5) is 29.8. The molecule has 0 atom stereocenters. The number of nitrogens with one attached hydrogen (secondary N) is 1. The third-order valence-corrected chi connectivity index (χ3v) is 5.83. The third-order valence-electron chi connectivity index (χ3n) is 5.83. The summed E-state index contributed by atoms with van der Waals surface area (Å²) in [5, 5.41) is 3.24. The van der Waals surface area contributed by atoms with Crippen molar-refractivity contribution in [2.45, 2.75) is 25.4 Å². The Morgan fingerprint density at radius 1 is 1.11 bits per heavy atom. The number of piperidine rings is 1. The Balaban J connectivity index is 1.56. The van der Waals surface area contributed by atoms with Crippen LogP contribution in [-0.2, 0) is 0 Å². The van der Waals surface area contributed by atoms with Gasteiger partial charge in [-0.25, -0.2) is 0 Å². The van der Waals surface area contributed by atoms with Crippen LogP contribution in [0.2, 0.25) is 0 Å². The number of amides is 2. The first-order chi connectivity index (χ1) is 13.6. The van der Waals surface area contributed by atoms with Crippen LogP contribution in [0.4, 0.5) is 5.69 Å². The van der Waals surface area contributed by atoms with Gasteiger partial charge in [-0.05, 0) is 31.2 Å². The van der Waals surface area contributed by atoms with Crippen molar-refractivity contribution in [2.75, 3.05) is 31.6 Å². The molecule has 6 heteroatoms. The number of likely N-dealkylation sites (tertiary alicyclic amines) is 1. The molecule has 2 aliphatic heterocycles. The van der Waals surface area contributed by atoms with Crippen LogP contribution in [0.5, 0.6) is 5.75 Å². The van der Waals surface area contributed by atoms with Crippen LogP contribution in [0.3, 0.4) is 0 Å². The second-order valence-corrected chi connectivity index (χ2v) is 7.24. The summed E-state index contributed by atoms with van der Waals surface area (Å²) in [6.45, 7) is 4.05. The van der Waals surface area contributed by atoms with Gasteiger partial charge in [0.25, 0.3) is 11.8 Å². The van der Waals surface area contributed by atoms with Gasteiger partial charge in [-0.2, -0.15) is 0 Å². The molecule has 2 aliphatic rings. The fraction of sp³-hybridized carbons (Fsp3) is 0.364. The molecule has 2 aromatic carbocycles. The van der Waals surface area contributed by atoms with Crippen molar-refractivity contribution >= 4 is 17.5 Å². The van der Waals surface area contributed by atoms with Crippen molar-refractivity contribution in [1.82, 2.24) is 10.2 Å². The Kier molecular flexibility index (Phi) is 4.71. The number of rotatable bonds is 3. The lowest BCUT2D eigenvalue weighted by Gasteiger charge is -2.52. The van der Waals surface area contributed by atoms with Gasteiger partial charge < -0.3 is 19.9 Å². The molecule has 6 nitrogen and oxygen atoms in total. The third kappa shape index (κ3) is 2.89. The molecule has 4 rings (SSSR count). The lowest BCUT2D eigenvalue weighted by atomic mass is 9.89. The first-order valence-corrected chi connectivity index (χ1v) is 9.71. The number of anilines is 1. The van der Waals surface area contributed by atoms with Gasteiger partial charge in [0.2, 0.25) is 0 Å². The zero-order valence-electron chi connectivity index (χ0n) is 16.3. The molecular formula is C22H25N3O3. The largest absolute Gasteiger partial charge is 0.496 e. The van der Waals surface area contributed by atoms with E-state index in [0.29, 0.717) is 42.8 Å². The highest BCUT2D eigenvalue weighted by Gasteiger charge is 2.45. The maximum atomic E-state index is 13.0. The van der Waals surface area contributed by atoms with Gasteiger partial charge in [-0.1, -0.05) is 24.3 Å². The smallest absolute Gasteiger partial charge is 0.257 e. The molecule has 1 N–H and O–H groups in total. The normalized spacial score (nSPS) is 17.9. The molecule has 1 spiro atoms. The zero-order valence-corrected chi connectivity index (χ0v) is 16.3. The number of hydrogen-bond acceptors (Lipinski definition) is 4. The van der Waals surface area contributed by atoms with Gasteiger partial charge in [0, 0.05) is 32.5 Å². The highest BCUT2D eigenvalue weighted by Crippen LogP contribution is 2.37. The van der Waals surface area contributed by atoms with E-state index in [-0.39, 0.29) is 11.8 Å². The van der Waals surface area contributed by atoms with Crippen LogP contribution in [0, 0.1) is 0 Å². The summed E-state index contributed by atoms with van der Waals surface area (Å²) in [7, 11) is 1.57. The summed E-state index contributed by atoms with van der Waals surface area (Å²) in [6.07, 6.45) is 1.36. The number of nitrogens with zero attached hydrogens (tertiary/aromatic N) is 2. The van der Waals surface area contributed by atoms with Crippen LogP contribution in [-0.4, -0.2) is 49.1 Å². The summed E-state index contributed by atoms with van der Waals surface area (Å²) in [5.74, 6) is 0.519. The zero-order chi connectivity index (χ0) is 19.7. The van der Waals surface area contributed by atoms with Crippen molar-refractivity contribution in [1.29, 1.82) is 0 Å². The maximum absolute atomic E-state index is 13.0. The van der Waals surface area contributed by atoms with Crippen molar-refractivity contribution in [3.05, 3.63) is 59.7 Å². The van der Waals surface area contributed by atoms with Crippen LogP contribution < -0.4 is 15.0 Å². The van der Waals surface area contributed by atoms with Crippen molar-refractivity contribution in [2.24, 2.45) is 0 Å². The van der Waals surface area contributed by atoms with Crippen LogP contribution >= 0.6 is 0 Å². The van der Waals surface area contributed by atoms with Crippen molar-refractivity contribution < 1.29 is 14.3 Å². The Morgan fingerprint density at radius 2 is 1.79 bits per heavy atom. The number of methoxy groups -OCH3 is 1. The number of hydrogen-bond donors (Lipinski definition) is 1. The van der Waals surface area contributed by atoms with E-state index in [9.17, 15) is 9.59 Å². The number of fused-ring (bicyclic) bond motifs is 1. The second-order valence-electron chi connectivity index (χ2n) is 7.24. The SMILES string of the molecule is CCN1c2ccccc2C(=O)NC12CCN(C(=O)c1ccccc1OC)CC2. The molecular weight excluding hydrogens is 354 g/mol. The summed E-state index contributed by atoms with van der Waals surface area (Å²) in [6, 6.07) is 15.0. The molecule has 146 valence electrons. The predicted molar refractivity (Wildman–Crippen MR) is 108 cm³/mol. The van der Waals surface area contributed by atoms with E-state index < -0.39 is 5.66 Å². The predicted octanol–water partition coefficient (Wildman–Crippen LogP) is 2.90. The topological polar surface area (TPSA) is 61.9 Å². The van der Waals surface area contributed by atoms with Crippen molar-refractivity contribution in [3.8, 4) is 5.75 Å². The minimum Gasteiger partial charge on any atom is -0.496 e. The molecule has 2 heterocycles. The Morgan fingerprint density at radius 3 is 2.50 bits per heavy atom. The molecule has 1 saturated heterocycles. The lowest BCUT2D eigenvalue weighted by Crippen LogP contribution is -2.68. The molecule has 0 aromatic heterocycles. The average molecular weight is 379 g/mol. The van der Waals surface area contributed by atoms with E-state index in [2.05, 4.69) is 17.1 Å². The molecule has 0 radical (unpaired) electrons. The van der Waals surface area contributed by atoms with Crippen LogP contribution in [0.25, 0.3) is 0 Å². The van der Waals surface area contributed by atoms with Gasteiger partial charge in [0.15, 0.2) is 0 Å². The first-order valence-electron chi connectivity index (χ1n) is 9.71. The Bertz CT molecular complexity index is 903. The molecule has 0 saturated carbocycles. The first kappa shape index (κ1) is 18.3. The minimum atomic E-state index is -0.447. The standard InChI is InChI=1S/C22H25N3O3/c1-3-25-18-10-6-4-8-16(18)20(26)23-22(25)12-14-24(15-13-22)21(27)17-9-5-7-11-19(17)28-2/h4-11H,3,12-15H2,1-2H3,(H,23,26).